The fourth-order valence-electron chi connectivity index (χ4n) is 16.1. The summed E-state index contributed by atoms with van der Waals surface area (Å²) in [6.07, 6.45) is 15.8. The highest BCUT2D eigenvalue weighted by atomic mass is 16.6. The Morgan fingerprint density at radius 3 is 2.10 bits per heavy atom. The number of oxime groups is 1. The highest BCUT2D eigenvalue weighted by molar-refractivity contribution is 6.39. The van der Waals surface area contributed by atoms with Crippen LogP contribution in [-0.2, 0) is 110 Å². The highest BCUT2D eigenvalue weighted by Crippen LogP contribution is 2.39. The second-order valence-corrected chi connectivity index (χ2v) is 32.9. The molecule has 2 amide bonds. The quantitative estimate of drug-likeness (QED) is 0.00708. The Morgan fingerprint density at radius 2 is 1.43 bits per heavy atom. The van der Waals surface area contributed by atoms with Crippen molar-refractivity contribution in [1.29, 1.82) is 0 Å². The third-order valence-electron chi connectivity index (χ3n) is 23.4. The SMILES string of the molecule is CO[C@H]1C[C@@H]2CC[C@@H](C)[C@@](O)(O2)C(=O)C(=O)N2CCCC[C@H]2C(=O)O[C@H]([C@H](C)C[C@@H]2CC[C@@H](O)[C@H](OC)C2)C/C(=N/OCc2cn(CCOCCOCCOCCOCCOCCOCCOCCOCCC(=O)NCCCCn3nc(-c4ccc5oc(N)nc5c4)c4c(N)ncnc43)nn2)[C@H](C)/C=C(\C)[C@@H](O)[C@@H](OC)C(=O)[C@H](C)C[C@H](C)/C=C/C=C/C=C/1C. The van der Waals surface area contributed by atoms with Gasteiger partial charge < -0.3 is 108 Å². The molecule has 4 aliphatic rings. The average Bonchev–Trinajstić information content (AvgIpc) is 1.72. The highest BCUT2D eigenvalue weighted by Gasteiger charge is 2.53. The molecule has 9 rings (SSSR count). The number of hydrogen-bond acceptors (Lipinski definition) is 32. The maximum absolute atomic E-state index is 15.1. The molecule has 1 aromatic carbocycles. The predicted octanol–water partition coefficient (Wildman–Crippen LogP) is 8.01. The number of piperidine rings is 1. The van der Waals surface area contributed by atoms with Gasteiger partial charge in [-0.1, -0.05) is 81.4 Å². The van der Waals surface area contributed by atoms with E-state index in [1.54, 1.807) is 55.8 Å². The fourth-order valence-corrected chi connectivity index (χ4v) is 16.1. The van der Waals surface area contributed by atoms with Crippen LogP contribution in [0, 0.1) is 35.5 Å². The lowest BCUT2D eigenvalue weighted by atomic mass is 9.78. The number of nitrogens with zero attached hydrogens (tertiary/aromatic N) is 10. The van der Waals surface area contributed by atoms with Gasteiger partial charge in [-0.15, -0.1) is 5.10 Å². The number of carbonyl (C=O) groups is 5. The first-order valence-corrected chi connectivity index (χ1v) is 44.1. The second kappa shape index (κ2) is 52.8. The maximum atomic E-state index is 15.1. The Labute approximate surface area is 732 Å². The van der Waals surface area contributed by atoms with E-state index in [2.05, 4.69) is 30.6 Å². The number of nitrogen functional groups attached to an aromatic ring is 2. The molecule has 3 fully saturated rings. The van der Waals surface area contributed by atoms with Gasteiger partial charge in [0.2, 0.25) is 11.7 Å². The molecule has 0 unspecified atom stereocenters. The van der Waals surface area contributed by atoms with Crippen molar-refractivity contribution in [3.05, 3.63) is 84.0 Å². The number of carbonyl (C=O) groups excluding carboxylic acids is 5. The summed E-state index contributed by atoms with van der Waals surface area (Å²) in [5.74, 6) is -7.62. The summed E-state index contributed by atoms with van der Waals surface area (Å²) in [5.41, 5.74) is 17.4. The first kappa shape index (κ1) is 100. The molecule has 2 bridgehead atoms. The first-order valence-electron chi connectivity index (χ1n) is 44.1. The van der Waals surface area contributed by atoms with E-state index in [4.69, 9.17) is 92.6 Å². The van der Waals surface area contributed by atoms with E-state index in [1.165, 1.54) is 18.3 Å². The normalized spacial score (nSPS) is 27.1. The number of nitrogens with two attached hydrogens (primary N) is 2. The number of rotatable bonds is 42. The molecule has 15 atom stereocenters. The van der Waals surface area contributed by atoms with Crippen LogP contribution in [0.15, 0.2) is 87.9 Å². The lowest BCUT2D eigenvalue weighted by molar-refractivity contribution is -0.265. The number of anilines is 2. The van der Waals surface area contributed by atoms with E-state index < -0.39 is 90.0 Å². The standard InChI is InChI=1S/C89H135N13O23/c1-58-18-12-11-13-19-59(2)74(111-8)53-68-24-21-64(7)89(110,125-68)83(107)86(108)101-29-16-14-20-71(101)87(109)123-75(61(4)50-65-22-25-72(103)76(51-65)112-9)54-69(60(3)49-63(6)81(106)82(113-10)80(105)62(5)48-58)98-122-56-67-55-100(99-96-67)31-33-115-35-37-117-39-41-119-43-45-121-47-46-120-44-42-118-40-38-116-36-34-114-32-27-77(104)92-28-15-17-30-102-85-78(84(90)93-57-94-85)79(97-102)66-23-26-73-70(52-66)95-88(91)124-73/h11-13,18-19,23,26,49,52,55,57-58,60-62,64-65,68,71-72,74-76,81-82,103,106,110H,14-17,20-22,24-25,27-48,50-51,53-54,56H2,1-10H3,(H2,91,95)(H,92,104)(H2,90,93,94)/b13-11+,18-12+,59-19+,63-49+,98-69-/t58-,60-,61-,62-,64-,65+,68+,71+,72-,74+,75+,76-,81-,82+,89-/m1/s1. The van der Waals surface area contributed by atoms with Gasteiger partial charge in [-0.2, -0.15) is 10.1 Å². The number of ketones is 2. The van der Waals surface area contributed by atoms with Crippen molar-refractivity contribution in [1.82, 2.24) is 49.9 Å². The molecule has 7 heterocycles. The lowest BCUT2D eigenvalue weighted by Crippen LogP contribution is -2.61. The van der Waals surface area contributed by atoms with E-state index >= 15 is 4.79 Å². The smallest absolute Gasteiger partial charge is 0.329 e. The lowest BCUT2D eigenvalue weighted by Gasteiger charge is -2.42. The zero-order valence-electron chi connectivity index (χ0n) is 74.5. The predicted molar refractivity (Wildman–Crippen MR) is 463 cm³/mol. The van der Waals surface area contributed by atoms with E-state index in [0.29, 0.717) is 234 Å². The summed E-state index contributed by atoms with van der Waals surface area (Å²) >= 11 is 0. The number of amides is 2. The minimum Gasteiger partial charge on any atom is -0.460 e. The molecule has 4 aromatic heterocycles. The van der Waals surface area contributed by atoms with E-state index in [0.717, 1.165) is 24.0 Å². The fraction of sp³-hybridized carbons (Fsp3) is 0.685. The number of aromatic nitrogens is 8. The van der Waals surface area contributed by atoms with Crippen molar-refractivity contribution < 1.29 is 110 Å². The zero-order chi connectivity index (χ0) is 89.6. The Balaban J connectivity index is 0.660. The third kappa shape index (κ3) is 31.2. The van der Waals surface area contributed by atoms with Gasteiger partial charge in [0.15, 0.2) is 23.6 Å². The van der Waals surface area contributed by atoms with Crippen LogP contribution >= 0.6 is 0 Å². The molecule has 36 nitrogen and oxygen atoms in total. The number of aliphatic hydroxyl groups is 3. The van der Waals surface area contributed by atoms with Gasteiger partial charge in [0.25, 0.3) is 17.7 Å². The minimum absolute atomic E-state index is 0.00359. The van der Waals surface area contributed by atoms with Crippen LogP contribution in [0.4, 0.5) is 11.8 Å². The molecule has 1 aliphatic carbocycles. The molecular formula is C89H135N13O23. The number of cyclic esters (lactones) is 1. The number of aliphatic hydroxyl groups excluding tert-OH is 2. The maximum Gasteiger partial charge on any atom is 0.329 e. The molecule has 36 heteroatoms. The van der Waals surface area contributed by atoms with Crippen LogP contribution in [-0.4, -0.2) is 290 Å². The molecule has 0 radical (unpaired) electrons. The number of oxazole rings is 1. The van der Waals surface area contributed by atoms with Gasteiger partial charge in [-0.05, 0) is 138 Å². The number of Topliss-reactive ketones (excluding diaryl/α,β-unsaturated/α-hetero) is 2. The number of esters is 1. The number of fused-ring (bicyclic) bond motifs is 5. The van der Waals surface area contributed by atoms with Crippen LogP contribution in [0.3, 0.4) is 0 Å². The van der Waals surface area contributed by atoms with Crippen molar-refractivity contribution in [3.63, 3.8) is 0 Å². The van der Waals surface area contributed by atoms with Gasteiger partial charge in [0, 0.05) is 83.5 Å². The van der Waals surface area contributed by atoms with Gasteiger partial charge >= 0.3 is 5.97 Å². The second-order valence-electron chi connectivity index (χ2n) is 32.9. The topological polar surface area (TPSA) is 455 Å². The minimum atomic E-state index is -2.48. The molecule has 1 saturated carbocycles. The number of methoxy groups -OCH3 is 3. The molecule has 125 heavy (non-hydrogen) atoms. The number of nitrogens with one attached hydrogen (secondary N) is 1. The van der Waals surface area contributed by atoms with Gasteiger partial charge in [0.05, 0.1) is 154 Å². The molecule has 8 N–H and O–H groups in total. The summed E-state index contributed by atoms with van der Waals surface area (Å²) in [5, 5.41) is 56.8. The summed E-state index contributed by atoms with van der Waals surface area (Å²) in [7, 11) is 4.55. The van der Waals surface area contributed by atoms with Crippen molar-refractivity contribution in [2.45, 2.75) is 219 Å². The van der Waals surface area contributed by atoms with Crippen molar-refractivity contribution in [2.24, 2.45) is 40.7 Å². The molecule has 2 saturated heterocycles. The van der Waals surface area contributed by atoms with Gasteiger partial charge in [-0.3, -0.25) is 19.2 Å². The Hall–Kier alpha value is -8.44. The van der Waals surface area contributed by atoms with Crippen molar-refractivity contribution in [2.75, 3.05) is 152 Å². The number of ether oxygens (including phenoxy) is 13. The van der Waals surface area contributed by atoms with E-state index in [9.17, 15) is 34.5 Å². The van der Waals surface area contributed by atoms with Gasteiger partial charge in [-0.25, -0.2) is 24.1 Å². The number of hydrogen-bond donors (Lipinski definition) is 6. The molecular weight excluding hydrogens is 1620 g/mol. The van der Waals surface area contributed by atoms with E-state index in [-0.39, 0.29) is 74.5 Å². The Kier molecular flexibility index (Phi) is 42.3. The first-order chi connectivity index (χ1) is 60.4. The van der Waals surface area contributed by atoms with Crippen molar-refractivity contribution in [3.8, 4) is 11.3 Å². The van der Waals surface area contributed by atoms with Crippen LogP contribution in [0.5, 0.6) is 0 Å². The third-order valence-corrected chi connectivity index (χ3v) is 23.4. The average molecular weight is 1760 g/mol. The molecule has 694 valence electrons. The van der Waals surface area contributed by atoms with Crippen LogP contribution in [0.25, 0.3) is 33.4 Å². The monoisotopic (exact) mass is 1750 g/mol. The largest absolute Gasteiger partial charge is 0.460 e. The Bertz CT molecular complexity index is 4300. The van der Waals surface area contributed by atoms with Gasteiger partial charge in [0.1, 0.15) is 53.4 Å². The van der Waals surface area contributed by atoms with Crippen LogP contribution in [0.2, 0.25) is 0 Å². The molecule has 5 aromatic rings. The molecule has 3 aliphatic heterocycles. The van der Waals surface area contributed by atoms with Crippen molar-refractivity contribution >= 4 is 69.0 Å². The summed E-state index contributed by atoms with van der Waals surface area (Å²) in [6.45, 7) is 20.3. The van der Waals surface area contributed by atoms with Crippen LogP contribution < -0.4 is 16.8 Å². The Morgan fingerprint density at radius 1 is 0.752 bits per heavy atom. The summed E-state index contributed by atoms with van der Waals surface area (Å²) < 4.78 is 84.3. The summed E-state index contributed by atoms with van der Waals surface area (Å²) in [6, 6.07) is 4.38. The van der Waals surface area contributed by atoms with Crippen LogP contribution in [0.1, 0.15) is 150 Å². The van der Waals surface area contributed by atoms with E-state index in [1.807, 2.05) is 77.1 Å². The molecule has 0 spiro atoms. The summed E-state index contributed by atoms with van der Waals surface area (Å²) in [4.78, 5) is 91.3. The number of benzene rings is 1. The zero-order valence-corrected chi connectivity index (χ0v) is 74.5. The number of allylic oxidation sites excluding steroid dienone is 6. The number of aryl methyl sites for hydroxylation is 1. The number of unbranched alkanes of at least 4 members (excludes halogenated alkanes) is 1.